The van der Waals surface area contributed by atoms with E-state index >= 15 is 0 Å². The van der Waals surface area contributed by atoms with Gasteiger partial charge in [-0.2, -0.15) is 0 Å². The van der Waals surface area contributed by atoms with E-state index in [-0.39, 0.29) is 0 Å². The Labute approximate surface area is 99.2 Å². The number of carbonyl (C=O) groups excluding carboxylic acids is 2. The Hall–Kier alpha value is -1.88. The van der Waals surface area contributed by atoms with Crippen LogP contribution in [0.5, 0.6) is 0 Å². The van der Waals surface area contributed by atoms with Crippen LogP contribution in [0.2, 0.25) is 0 Å². The summed E-state index contributed by atoms with van der Waals surface area (Å²) in [6, 6.07) is 6.62. The Morgan fingerprint density at radius 3 is 2.71 bits per heavy atom. The summed E-state index contributed by atoms with van der Waals surface area (Å²) in [5, 5.41) is 0. The molecule has 90 valence electrons. The summed E-state index contributed by atoms with van der Waals surface area (Å²) in [6.07, 6.45) is 0.786. The van der Waals surface area contributed by atoms with Gasteiger partial charge in [0.15, 0.2) is 0 Å². The molecule has 1 fully saturated rings. The topological polar surface area (TPSA) is 72.6 Å². The monoisotopic (exact) mass is 234 g/mol. The highest BCUT2D eigenvalue weighted by molar-refractivity contribution is 5.84. The minimum atomic E-state index is -0.439. The van der Waals surface area contributed by atoms with Crippen LogP contribution in [-0.4, -0.2) is 38.0 Å². The molecular weight excluding hydrogens is 220 g/mol. The first-order valence-electron chi connectivity index (χ1n) is 5.41. The van der Waals surface area contributed by atoms with Crippen LogP contribution in [0.1, 0.15) is 10.4 Å². The van der Waals surface area contributed by atoms with Crippen LogP contribution in [0.15, 0.2) is 24.3 Å². The lowest BCUT2D eigenvalue weighted by Gasteiger charge is -2.35. The maximum Gasteiger partial charge on any atom is 0.242 e. The number of amides is 1. The van der Waals surface area contributed by atoms with E-state index in [1.54, 1.807) is 12.1 Å². The van der Waals surface area contributed by atoms with Gasteiger partial charge in [0, 0.05) is 17.8 Å². The average Bonchev–Trinajstić information content (AvgIpc) is 2.39. The zero-order valence-corrected chi connectivity index (χ0v) is 9.33. The molecule has 1 aliphatic rings. The summed E-state index contributed by atoms with van der Waals surface area (Å²) in [5.74, 6) is -0.399. The van der Waals surface area contributed by atoms with E-state index in [0.717, 1.165) is 12.0 Å². The first-order valence-corrected chi connectivity index (χ1v) is 5.41. The molecule has 0 saturated carbocycles. The van der Waals surface area contributed by atoms with Gasteiger partial charge in [0.1, 0.15) is 12.3 Å². The molecule has 1 amide bonds. The van der Waals surface area contributed by atoms with Gasteiger partial charge in [0.25, 0.3) is 0 Å². The Morgan fingerprint density at radius 1 is 1.41 bits per heavy atom. The first kappa shape index (κ1) is 11.6. The van der Waals surface area contributed by atoms with Crippen molar-refractivity contribution in [3.8, 4) is 0 Å². The van der Waals surface area contributed by atoms with Gasteiger partial charge >= 0.3 is 0 Å². The summed E-state index contributed by atoms with van der Waals surface area (Å²) in [6.45, 7) is 1.50. The number of benzene rings is 1. The highest BCUT2D eigenvalue weighted by Gasteiger charge is 2.27. The molecule has 1 aliphatic heterocycles. The van der Waals surface area contributed by atoms with Gasteiger partial charge in [-0.1, -0.05) is 0 Å². The maximum absolute atomic E-state index is 11.3. The van der Waals surface area contributed by atoms with E-state index in [4.69, 9.17) is 10.5 Å². The highest BCUT2D eigenvalue weighted by Crippen LogP contribution is 2.19. The second kappa shape index (κ2) is 4.97. The standard InChI is InChI=1S/C12H14N2O3/c13-12(16)11-8-17-6-5-14(11)10-3-1-9(7-15)2-4-10/h1-4,7,11H,5-6,8H2,(H2,13,16). The third kappa shape index (κ3) is 2.45. The number of morpholine rings is 1. The number of primary amides is 1. The highest BCUT2D eigenvalue weighted by atomic mass is 16.5. The Balaban J connectivity index is 2.23. The zero-order valence-electron chi connectivity index (χ0n) is 9.33. The normalized spacial score (nSPS) is 20.0. The van der Waals surface area contributed by atoms with E-state index in [1.807, 2.05) is 17.0 Å². The summed E-state index contributed by atoms with van der Waals surface area (Å²) < 4.78 is 5.24. The Kier molecular flexibility index (Phi) is 3.39. The molecule has 0 aromatic heterocycles. The molecule has 0 radical (unpaired) electrons. The van der Waals surface area contributed by atoms with Gasteiger partial charge in [-0.15, -0.1) is 0 Å². The lowest BCUT2D eigenvalue weighted by atomic mass is 10.1. The molecule has 1 saturated heterocycles. The minimum absolute atomic E-state index is 0.310. The second-order valence-electron chi connectivity index (χ2n) is 3.90. The number of carbonyl (C=O) groups is 2. The average molecular weight is 234 g/mol. The van der Waals surface area contributed by atoms with Crippen molar-refractivity contribution in [1.82, 2.24) is 0 Å². The van der Waals surface area contributed by atoms with Crippen LogP contribution in [0, 0.1) is 0 Å². The van der Waals surface area contributed by atoms with Crippen LogP contribution >= 0.6 is 0 Å². The number of hydrogen-bond acceptors (Lipinski definition) is 4. The van der Waals surface area contributed by atoms with Crippen molar-refractivity contribution >= 4 is 17.9 Å². The maximum atomic E-state index is 11.3. The lowest BCUT2D eigenvalue weighted by Crippen LogP contribution is -2.52. The largest absolute Gasteiger partial charge is 0.377 e. The smallest absolute Gasteiger partial charge is 0.242 e. The van der Waals surface area contributed by atoms with Crippen LogP contribution in [0.4, 0.5) is 5.69 Å². The van der Waals surface area contributed by atoms with Crippen LogP contribution in [0.3, 0.4) is 0 Å². The first-order chi connectivity index (χ1) is 8.22. The molecule has 17 heavy (non-hydrogen) atoms. The zero-order chi connectivity index (χ0) is 12.3. The summed E-state index contributed by atoms with van der Waals surface area (Å²) >= 11 is 0. The summed E-state index contributed by atoms with van der Waals surface area (Å²) in [4.78, 5) is 23.8. The molecule has 5 heteroatoms. The fourth-order valence-electron chi connectivity index (χ4n) is 1.89. The third-order valence-corrected chi connectivity index (χ3v) is 2.82. The van der Waals surface area contributed by atoms with Gasteiger partial charge < -0.3 is 15.4 Å². The molecule has 1 atom stereocenters. The molecule has 2 rings (SSSR count). The van der Waals surface area contributed by atoms with Crippen LogP contribution in [-0.2, 0) is 9.53 Å². The fourth-order valence-corrected chi connectivity index (χ4v) is 1.89. The molecule has 5 nitrogen and oxygen atoms in total. The van der Waals surface area contributed by atoms with Crippen molar-refractivity contribution in [3.63, 3.8) is 0 Å². The van der Waals surface area contributed by atoms with E-state index < -0.39 is 11.9 Å². The van der Waals surface area contributed by atoms with E-state index in [0.29, 0.717) is 25.3 Å². The van der Waals surface area contributed by atoms with Crippen molar-refractivity contribution < 1.29 is 14.3 Å². The van der Waals surface area contributed by atoms with Crippen molar-refractivity contribution in [1.29, 1.82) is 0 Å². The van der Waals surface area contributed by atoms with Crippen molar-refractivity contribution in [2.45, 2.75) is 6.04 Å². The molecule has 0 aliphatic carbocycles. The number of nitrogens with two attached hydrogens (primary N) is 1. The third-order valence-electron chi connectivity index (χ3n) is 2.82. The molecule has 1 heterocycles. The Morgan fingerprint density at radius 2 is 2.12 bits per heavy atom. The minimum Gasteiger partial charge on any atom is -0.377 e. The van der Waals surface area contributed by atoms with Gasteiger partial charge in [-0.25, -0.2) is 0 Å². The molecule has 1 aromatic rings. The predicted molar refractivity (Wildman–Crippen MR) is 63.0 cm³/mol. The Bertz CT molecular complexity index is 416. The van der Waals surface area contributed by atoms with Crippen molar-refractivity contribution in [2.75, 3.05) is 24.7 Å². The van der Waals surface area contributed by atoms with Gasteiger partial charge in [0.05, 0.1) is 13.2 Å². The van der Waals surface area contributed by atoms with E-state index in [9.17, 15) is 9.59 Å². The summed E-state index contributed by atoms with van der Waals surface area (Å²) in [5.41, 5.74) is 6.82. The number of ether oxygens (including phenoxy) is 1. The van der Waals surface area contributed by atoms with Crippen molar-refractivity contribution in [2.24, 2.45) is 5.73 Å². The van der Waals surface area contributed by atoms with Crippen LogP contribution < -0.4 is 10.6 Å². The van der Waals surface area contributed by atoms with Crippen LogP contribution in [0.25, 0.3) is 0 Å². The molecule has 2 N–H and O–H groups in total. The lowest BCUT2D eigenvalue weighted by molar-refractivity contribution is -0.121. The number of rotatable bonds is 3. The number of aldehydes is 1. The van der Waals surface area contributed by atoms with E-state index in [2.05, 4.69) is 0 Å². The molecule has 0 bridgehead atoms. The van der Waals surface area contributed by atoms with Gasteiger partial charge in [-0.3, -0.25) is 9.59 Å². The van der Waals surface area contributed by atoms with Gasteiger partial charge in [-0.05, 0) is 24.3 Å². The number of nitrogens with zero attached hydrogens (tertiary/aromatic N) is 1. The van der Waals surface area contributed by atoms with Crippen molar-refractivity contribution in [3.05, 3.63) is 29.8 Å². The molecule has 0 spiro atoms. The molecule has 1 aromatic carbocycles. The molecular formula is C12H14N2O3. The summed E-state index contributed by atoms with van der Waals surface area (Å²) in [7, 11) is 0. The van der Waals surface area contributed by atoms with E-state index in [1.165, 1.54) is 0 Å². The predicted octanol–water partition coefficient (Wildman–Crippen LogP) is 0.190. The molecule has 1 unspecified atom stereocenters. The second-order valence-corrected chi connectivity index (χ2v) is 3.90. The van der Waals surface area contributed by atoms with Gasteiger partial charge in [0.2, 0.25) is 5.91 Å². The SMILES string of the molecule is NC(=O)C1COCCN1c1ccc(C=O)cc1. The number of anilines is 1. The number of hydrogen-bond donors (Lipinski definition) is 1. The fraction of sp³-hybridized carbons (Fsp3) is 0.333. The quantitative estimate of drug-likeness (QED) is 0.758.